The minimum absolute atomic E-state index is 0.0211. The van der Waals surface area contributed by atoms with Crippen LogP contribution in [0.25, 0.3) is 0 Å². The molecule has 0 saturated carbocycles. The molecule has 0 heterocycles. The van der Waals surface area contributed by atoms with Gasteiger partial charge in [-0.15, -0.1) is 0 Å². The number of hydrogen-bond donors (Lipinski definition) is 8. The number of aldehydes is 1. The third-order valence-electron chi connectivity index (χ3n) is 7.49. The van der Waals surface area contributed by atoms with Crippen molar-refractivity contribution in [3.8, 4) is 5.75 Å². The van der Waals surface area contributed by atoms with Gasteiger partial charge in [0, 0.05) is 50.9 Å². The molecule has 0 spiro atoms. The number of carboxylic acids is 1. The number of carbonyl (C=O) groups excluding carboxylic acids is 6. The Morgan fingerprint density at radius 2 is 1.32 bits per heavy atom. The van der Waals surface area contributed by atoms with Gasteiger partial charge in [-0.25, -0.2) is 13.2 Å². The van der Waals surface area contributed by atoms with E-state index in [0.29, 0.717) is 19.4 Å². The predicted molar refractivity (Wildman–Crippen MR) is 237 cm³/mol. The van der Waals surface area contributed by atoms with E-state index in [0.717, 1.165) is 64.0 Å². The normalized spacial score (nSPS) is 10.4. The van der Waals surface area contributed by atoms with Gasteiger partial charge in [0.2, 0.25) is 36.3 Å². The molecule has 66 heavy (non-hydrogen) atoms. The summed E-state index contributed by atoms with van der Waals surface area (Å²) in [7, 11) is 1.00. The summed E-state index contributed by atoms with van der Waals surface area (Å²) in [6.45, 7) is 9.62. The van der Waals surface area contributed by atoms with Gasteiger partial charge in [0.15, 0.2) is 23.2 Å². The van der Waals surface area contributed by atoms with Crippen LogP contribution in [-0.4, -0.2) is 111 Å². The number of amides is 4. The molecule has 0 aromatic heterocycles. The summed E-state index contributed by atoms with van der Waals surface area (Å²) in [4.78, 5) is 72.5. The molecule has 0 bridgehead atoms. The summed E-state index contributed by atoms with van der Waals surface area (Å²) in [6.07, 6.45) is 4.43. The van der Waals surface area contributed by atoms with E-state index in [9.17, 15) is 50.7 Å². The molecule has 3 aromatic carbocycles. The number of carboxylic acid groups (broad SMARTS) is 1. The van der Waals surface area contributed by atoms with Crippen molar-refractivity contribution in [3.63, 3.8) is 0 Å². The van der Waals surface area contributed by atoms with Crippen LogP contribution >= 0.6 is 0 Å². The number of ketones is 1. The van der Waals surface area contributed by atoms with Gasteiger partial charge in [-0.3, -0.25) is 28.8 Å². The molecule has 4 amide bonds. The van der Waals surface area contributed by atoms with Crippen LogP contribution in [0.1, 0.15) is 64.5 Å². The first kappa shape index (κ1) is 63.8. The van der Waals surface area contributed by atoms with Crippen LogP contribution in [0.4, 0.5) is 27.6 Å². The Balaban J connectivity index is -0.000000791. The maximum absolute atomic E-state index is 13.1. The molecular formula is C44H63F5N6O11. The molecule has 0 fully saturated rings. The smallest absolute Gasteiger partial charge is 0.300 e. The summed E-state index contributed by atoms with van der Waals surface area (Å²) in [5.41, 5.74) is 8.03. The zero-order valence-electron chi connectivity index (χ0n) is 37.9. The van der Waals surface area contributed by atoms with Crippen molar-refractivity contribution in [1.29, 1.82) is 0 Å². The first-order valence-electron chi connectivity index (χ1n) is 20.2. The van der Waals surface area contributed by atoms with Crippen molar-refractivity contribution in [2.75, 3.05) is 51.8 Å². The molecule has 22 heteroatoms. The molecule has 0 aliphatic rings. The third kappa shape index (κ3) is 34.9. The number of halogens is 5. The monoisotopic (exact) mass is 946 g/mol. The molecule has 2 unspecified atom stereocenters. The van der Waals surface area contributed by atoms with Gasteiger partial charge < -0.3 is 56.8 Å². The number of aliphatic hydroxyl groups is 1. The second kappa shape index (κ2) is 41.2. The Bertz CT molecular complexity index is 1820. The van der Waals surface area contributed by atoms with Crippen LogP contribution in [0.3, 0.4) is 0 Å². The minimum Gasteiger partial charge on any atom is -0.481 e. The Kier molecular flexibility index (Phi) is 39.8. The lowest BCUT2D eigenvalue weighted by Crippen LogP contribution is -2.39. The summed E-state index contributed by atoms with van der Waals surface area (Å²) >= 11 is 0. The average molecular weight is 947 g/mol. The molecule has 370 valence electrons. The summed E-state index contributed by atoms with van der Waals surface area (Å²) < 4.78 is 74.1. The first-order chi connectivity index (χ1) is 31.4. The fraction of sp³-hybridized carbons (Fsp3) is 0.432. The fourth-order valence-corrected chi connectivity index (χ4v) is 4.52. The standard InChI is InChI=1S/C15H21FN2O2.C10H7F4NO3.C9H12O.C7H15N3O2.C2H4O2.CH4O/c1-11-9-13(16)6-7-14(11)17-10-15(20)18-12(2)5-3-4-8-19;11-6-1-7(12)9(14)10(8(6)13)18-3-5(17)2-15-4-16;1-2-10-8-9-6-4-3-5-7-9;1-6(2-3-8)10-7(12)4-9-5-11;1-2(3)4;1-2/h6-9,12,17H,3-5,10H2,1-2H3,(H,18,20);1,4H,2-3H2,(H,15,16);3-7H,2,8H2,1H3;5-6H,2-4,8H2,1H3,(H,9,11)(H,10,12);1H3,(H,3,4);2H,1H3. The SMILES string of the molecule is CC(=O)O.CC(CCN)NC(=O)CNC=O.CCOCc1ccccc1.CO.Cc1cc(F)ccc1NCC(=O)NC(C)CCCC=O.O=CNCC(=O)COc1c(F)c(F)cc(F)c1F. The number of carbonyl (C=O) groups is 7. The predicted octanol–water partition coefficient (Wildman–Crippen LogP) is 3.87. The zero-order valence-corrected chi connectivity index (χ0v) is 37.9. The first-order valence-corrected chi connectivity index (χ1v) is 20.2. The Hall–Kier alpha value is -6.52. The number of aryl methyl sites for hydroxylation is 1. The van der Waals surface area contributed by atoms with E-state index in [1.807, 2.05) is 44.3 Å². The van der Waals surface area contributed by atoms with Crippen molar-refractivity contribution in [2.45, 2.75) is 79.0 Å². The van der Waals surface area contributed by atoms with E-state index in [4.69, 9.17) is 25.5 Å². The number of aliphatic hydroxyl groups excluding tert-OH is 1. The van der Waals surface area contributed by atoms with Gasteiger partial charge in [-0.1, -0.05) is 30.3 Å². The number of nitrogens with one attached hydrogen (secondary N) is 5. The average Bonchev–Trinajstić information content (AvgIpc) is 3.27. The molecule has 0 aliphatic heterocycles. The highest BCUT2D eigenvalue weighted by Gasteiger charge is 2.21. The van der Waals surface area contributed by atoms with Gasteiger partial charge in [0.05, 0.1) is 26.2 Å². The van der Waals surface area contributed by atoms with Crippen LogP contribution in [0.2, 0.25) is 0 Å². The maximum Gasteiger partial charge on any atom is 0.300 e. The highest BCUT2D eigenvalue weighted by molar-refractivity contribution is 5.83. The molecule has 0 aliphatic carbocycles. The lowest BCUT2D eigenvalue weighted by molar-refractivity contribution is -0.134. The van der Waals surface area contributed by atoms with Gasteiger partial charge in [0.1, 0.15) is 18.7 Å². The van der Waals surface area contributed by atoms with Gasteiger partial charge in [-0.2, -0.15) is 8.78 Å². The zero-order chi connectivity index (χ0) is 50.9. The van der Waals surface area contributed by atoms with Gasteiger partial charge in [-0.05, 0) is 82.8 Å². The largest absolute Gasteiger partial charge is 0.481 e. The highest BCUT2D eigenvalue weighted by atomic mass is 19.2. The Labute approximate surface area is 381 Å². The van der Waals surface area contributed by atoms with Crippen LogP contribution in [0.15, 0.2) is 54.6 Å². The van der Waals surface area contributed by atoms with Gasteiger partial charge >= 0.3 is 0 Å². The number of hydrogen-bond acceptors (Lipinski definition) is 12. The Morgan fingerprint density at radius 1 is 0.788 bits per heavy atom. The van der Waals surface area contributed by atoms with E-state index in [2.05, 4.69) is 38.1 Å². The van der Waals surface area contributed by atoms with Crippen molar-refractivity contribution in [3.05, 3.63) is 94.8 Å². The molecule has 0 saturated heterocycles. The highest BCUT2D eigenvalue weighted by Crippen LogP contribution is 2.26. The summed E-state index contributed by atoms with van der Waals surface area (Å²) in [6, 6.07) is 14.7. The maximum atomic E-state index is 13.1. The van der Waals surface area contributed by atoms with Crippen molar-refractivity contribution in [2.24, 2.45) is 5.73 Å². The van der Waals surface area contributed by atoms with E-state index in [1.54, 1.807) is 13.0 Å². The molecule has 17 nitrogen and oxygen atoms in total. The Morgan fingerprint density at radius 3 is 1.82 bits per heavy atom. The quantitative estimate of drug-likeness (QED) is 0.0291. The number of benzene rings is 3. The summed E-state index contributed by atoms with van der Waals surface area (Å²) in [5.74, 6) is -10.2. The van der Waals surface area contributed by atoms with E-state index < -0.39 is 53.9 Å². The van der Waals surface area contributed by atoms with E-state index in [-0.39, 0.29) is 55.3 Å². The molecule has 3 rings (SSSR count). The van der Waals surface area contributed by atoms with Gasteiger partial charge in [0.25, 0.3) is 5.97 Å². The van der Waals surface area contributed by atoms with Crippen LogP contribution in [0.5, 0.6) is 5.75 Å². The lowest BCUT2D eigenvalue weighted by atomic mass is 10.1. The number of anilines is 1. The lowest BCUT2D eigenvalue weighted by Gasteiger charge is -2.14. The van der Waals surface area contributed by atoms with Crippen LogP contribution in [-0.2, 0) is 44.9 Å². The number of ether oxygens (including phenoxy) is 2. The number of nitrogens with two attached hydrogens (primary N) is 1. The van der Waals surface area contributed by atoms with Crippen LogP contribution in [0, 0.1) is 36.0 Å². The fourth-order valence-electron chi connectivity index (χ4n) is 4.52. The van der Waals surface area contributed by atoms with Crippen LogP contribution < -0.4 is 37.1 Å². The van der Waals surface area contributed by atoms with Crippen molar-refractivity contribution in [1.82, 2.24) is 21.3 Å². The second-order valence-electron chi connectivity index (χ2n) is 13.2. The number of aliphatic carboxylic acids is 1. The van der Waals surface area contributed by atoms with E-state index >= 15 is 0 Å². The number of Topliss-reactive ketones (excluding diaryl/α,β-unsaturated/α-hetero) is 1. The molecule has 2 atom stereocenters. The third-order valence-corrected chi connectivity index (χ3v) is 7.49. The number of rotatable bonds is 23. The summed E-state index contributed by atoms with van der Waals surface area (Å²) in [5, 5.41) is 27.2. The topological polar surface area (TPSA) is 265 Å². The molecule has 9 N–H and O–H groups in total. The van der Waals surface area contributed by atoms with Crippen molar-refractivity contribution >= 4 is 48.4 Å². The molecule has 3 aromatic rings. The minimum atomic E-state index is -1.73. The molecular weight excluding hydrogens is 884 g/mol. The van der Waals surface area contributed by atoms with E-state index in [1.165, 1.54) is 17.7 Å². The second-order valence-corrected chi connectivity index (χ2v) is 13.2. The number of unbranched alkanes of at least 4 members (excludes halogenated alkanes) is 1. The van der Waals surface area contributed by atoms with Crippen molar-refractivity contribution < 1.29 is 75.2 Å². The molecule has 0 radical (unpaired) electrons.